The van der Waals surface area contributed by atoms with Crippen molar-refractivity contribution in [1.29, 1.82) is 0 Å². The Hall–Kier alpha value is -1.33. The van der Waals surface area contributed by atoms with E-state index in [1.165, 1.54) is 17.3 Å². The number of aryl methyl sites for hydroxylation is 1. The number of hydrogen-bond donors (Lipinski definition) is 0. The summed E-state index contributed by atoms with van der Waals surface area (Å²) in [4.78, 5) is 16.0. The molecule has 2 heterocycles. The molecular weight excluding hydrogens is 278 g/mol. The zero-order chi connectivity index (χ0) is 13.2. The lowest BCUT2D eigenvalue weighted by atomic mass is 10.1. The number of cyclic esters (lactones) is 1. The van der Waals surface area contributed by atoms with E-state index in [0.717, 1.165) is 22.0 Å². The Kier molecular flexibility index (Phi) is 3.57. The number of ether oxygens (including phenoxy) is 1. The van der Waals surface area contributed by atoms with Crippen LogP contribution in [0.25, 0.3) is 11.3 Å². The molecule has 0 aliphatic carbocycles. The van der Waals surface area contributed by atoms with E-state index in [4.69, 9.17) is 4.74 Å². The average molecular weight is 291 g/mol. The van der Waals surface area contributed by atoms with E-state index in [1.54, 1.807) is 11.3 Å². The molecule has 1 aromatic carbocycles. The van der Waals surface area contributed by atoms with Gasteiger partial charge >= 0.3 is 5.97 Å². The van der Waals surface area contributed by atoms with E-state index < -0.39 is 0 Å². The fraction of sp³-hybridized carbons (Fsp3) is 0.286. The van der Waals surface area contributed by atoms with Gasteiger partial charge in [-0.2, -0.15) is 0 Å². The topological polar surface area (TPSA) is 39.2 Å². The molecule has 1 fully saturated rings. The Labute approximate surface area is 120 Å². The predicted molar refractivity (Wildman–Crippen MR) is 77.5 cm³/mol. The third kappa shape index (κ3) is 2.82. The van der Waals surface area contributed by atoms with Crippen LogP contribution in [0.15, 0.2) is 34.0 Å². The summed E-state index contributed by atoms with van der Waals surface area (Å²) in [6.07, 6.45) is 0.781. The van der Waals surface area contributed by atoms with Crippen molar-refractivity contribution in [3.05, 3.63) is 35.2 Å². The molecule has 98 valence electrons. The molecule has 0 radical (unpaired) electrons. The van der Waals surface area contributed by atoms with Crippen LogP contribution in [-0.4, -0.2) is 22.8 Å². The van der Waals surface area contributed by atoms with Crippen LogP contribution in [0, 0.1) is 6.92 Å². The number of rotatable bonds is 3. The van der Waals surface area contributed by atoms with Crippen LogP contribution < -0.4 is 0 Å². The SMILES string of the molecule is Cc1ccc(-c2csc(SC3CCOC3=O)n2)cc1. The number of nitrogens with zero attached hydrogens (tertiary/aromatic N) is 1. The molecule has 0 spiro atoms. The average Bonchev–Trinajstić information content (AvgIpc) is 3.01. The zero-order valence-corrected chi connectivity index (χ0v) is 12.1. The number of thioether (sulfide) groups is 1. The van der Waals surface area contributed by atoms with Gasteiger partial charge in [0.25, 0.3) is 0 Å². The summed E-state index contributed by atoms with van der Waals surface area (Å²) in [5, 5.41) is 1.95. The first-order chi connectivity index (χ1) is 9.22. The maximum atomic E-state index is 11.4. The van der Waals surface area contributed by atoms with Crippen LogP contribution in [0.1, 0.15) is 12.0 Å². The third-order valence-electron chi connectivity index (χ3n) is 2.96. The normalized spacial score (nSPS) is 18.6. The van der Waals surface area contributed by atoms with Crippen molar-refractivity contribution in [1.82, 2.24) is 4.98 Å². The van der Waals surface area contributed by atoms with E-state index in [2.05, 4.69) is 36.2 Å². The highest BCUT2D eigenvalue weighted by molar-refractivity contribution is 8.02. The van der Waals surface area contributed by atoms with E-state index in [1.807, 2.05) is 5.38 Å². The van der Waals surface area contributed by atoms with Gasteiger partial charge < -0.3 is 4.74 Å². The Bertz CT molecular complexity index is 592. The van der Waals surface area contributed by atoms with E-state index in [0.29, 0.717) is 6.61 Å². The lowest BCUT2D eigenvalue weighted by Crippen LogP contribution is -2.08. The molecule has 3 rings (SSSR count). The van der Waals surface area contributed by atoms with Crippen molar-refractivity contribution < 1.29 is 9.53 Å². The summed E-state index contributed by atoms with van der Waals surface area (Å²) in [5.74, 6) is -0.114. The number of thiazole rings is 1. The molecule has 2 aromatic rings. The fourth-order valence-electron chi connectivity index (χ4n) is 1.87. The molecule has 1 atom stereocenters. The molecule has 1 aliphatic rings. The highest BCUT2D eigenvalue weighted by atomic mass is 32.2. The van der Waals surface area contributed by atoms with Crippen LogP contribution in [0.3, 0.4) is 0 Å². The summed E-state index contributed by atoms with van der Waals surface area (Å²) in [7, 11) is 0. The first-order valence-electron chi connectivity index (χ1n) is 6.08. The molecular formula is C14H13NO2S2. The van der Waals surface area contributed by atoms with Crippen molar-refractivity contribution in [2.75, 3.05) is 6.61 Å². The van der Waals surface area contributed by atoms with Gasteiger partial charge in [0.1, 0.15) is 5.25 Å². The zero-order valence-electron chi connectivity index (χ0n) is 10.5. The lowest BCUT2D eigenvalue weighted by molar-refractivity contribution is -0.137. The number of hydrogen-bond acceptors (Lipinski definition) is 5. The molecule has 0 bridgehead atoms. The number of carbonyl (C=O) groups is 1. The molecule has 0 N–H and O–H groups in total. The maximum absolute atomic E-state index is 11.4. The minimum atomic E-state index is -0.114. The van der Waals surface area contributed by atoms with Gasteiger partial charge in [0, 0.05) is 17.4 Å². The summed E-state index contributed by atoms with van der Waals surface area (Å²) in [6, 6.07) is 8.30. The number of benzene rings is 1. The van der Waals surface area contributed by atoms with Crippen molar-refractivity contribution in [3.8, 4) is 11.3 Å². The molecule has 1 aliphatic heterocycles. The summed E-state index contributed by atoms with van der Waals surface area (Å²) < 4.78 is 5.89. The van der Waals surface area contributed by atoms with Crippen LogP contribution in [0.4, 0.5) is 0 Å². The Morgan fingerprint density at radius 3 is 2.84 bits per heavy atom. The molecule has 3 nitrogen and oxygen atoms in total. The smallest absolute Gasteiger partial charge is 0.319 e. The van der Waals surface area contributed by atoms with Gasteiger partial charge in [-0.3, -0.25) is 4.79 Å². The molecule has 1 saturated heterocycles. The highest BCUT2D eigenvalue weighted by Crippen LogP contribution is 2.34. The predicted octanol–water partition coefficient (Wildman–Crippen LogP) is 3.53. The minimum absolute atomic E-state index is 0.0861. The molecule has 19 heavy (non-hydrogen) atoms. The van der Waals surface area contributed by atoms with Crippen molar-refractivity contribution in [3.63, 3.8) is 0 Å². The van der Waals surface area contributed by atoms with Gasteiger partial charge in [0.15, 0.2) is 4.34 Å². The van der Waals surface area contributed by atoms with Crippen molar-refractivity contribution >= 4 is 29.1 Å². The molecule has 1 aromatic heterocycles. The Morgan fingerprint density at radius 2 is 2.16 bits per heavy atom. The maximum Gasteiger partial charge on any atom is 0.319 e. The van der Waals surface area contributed by atoms with Crippen molar-refractivity contribution in [2.45, 2.75) is 22.9 Å². The van der Waals surface area contributed by atoms with Gasteiger partial charge in [-0.1, -0.05) is 41.6 Å². The van der Waals surface area contributed by atoms with E-state index in [-0.39, 0.29) is 11.2 Å². The monoisotopic (exact) mass is 291 g/mol. The first-order valence-corrected chi connectivity index (χ1v) is 7.84. The Morgan fingerprint density at radius 1 is 1.37 bits per heavy atom. The highest BCUT2D eigenvalue weighted by Gasteiger charge is 2.28. The van der Waals surface area contributed by atoms with Crippen molar-refractivity contribution in [2.24, 2.45) is 0 Å². The molecule has 0 amide bonds. The van der Waals surface area contributed by atoms with Crippen LogP contribution in [0.5, 0.6) is 0 Å². The van der Waals surface area contributed by atoms with E-state index >= 15 is 0 Å². The summed E-state index contributed by atoms with van der Waals surface area (Å²) in [5.41, 5.74) is 3.32. The standard InChI is InChI=1S/C14H13NO2S2/c1-9-2-4-10(5-3-9)11-8-18-14(15-11)19-12-6-7-17-13(12)16/h2-5,8,12H,6-7H2,1H3. The second-order valence-corrected chi connectivity index (χ2v) is 6.74. The summed E-state index contributed by atoms with van der Waals surface area (Å²) in [6.45, 7) is 2.60. The van der Waals surface area contributed by atoms with Gasteiger partial charge in [-0.15, -0.1) is 11.3 Å². The minimum Gasteiger partial charge on any atom is -0.465 e. The third-order valence-corrected chi connectivity index (χ3v) is 5.18. The lowest BCUT2D eigenvalue weighted by Gasteiger charge is -2.01. The van der Waals surface area contributed by atoms with Gasteiger partial charge in [0.05, 0.1) is 12.3 Å². The second kappa shape index (κ2) is 5.35. The number of carbonyl (C=O) groups excluding carboxylic acids is 1. The molecule has 5 heteroatoms. The van der Waals surface area contributed by atoms with E-state index in [9.17, 15) is 4.79 Å². The number of esters is 1. The largest absolute Gasteiger partial charge is 0.465 e. The summed E-state index contributed by atoms with van der Waals surface area (Å²) >= 11 is 3.09. The van der Waals surface area contributed by atoms with Gasteiger partial charge in [0.2, 0.25) is 0 Å². The van der Waals surface area contributed by atoms with Crippen LogP contribution in [-0.2, 0) is 9.53 Å². The quantitative estimate of drug-likeness (QED) is 0.811. The second-order valence-electron chi connectivity index (χ2n) is 4.43. The van der Waals surface area contributed by atoms with Gasteiger partial charge in [-0.25, -0.2) is 4.98 Å². The number of aromatic nitrogens is 1. The fourth-order valence-corrected chi connectivity index (χ4v) is 3.91. The van der Waals surface area contributed by atoms with Gasteiger partial charge in [-0.05, 0) is 6.92 Å². The van der Waals surface area contributed by atoms with Crippen LogP contribution >= 0.6 is 23.1 Å². The first kappa shape index (κ1) is 12.7. The molecule has 1 unspecified atom stereocenters. The van der Waals surface area contributed by atoms with Crippen LogP contribution in [0.2, 0.25) is 0 Å². The molecule has 0 saturated carbocycles. The Balaban J connectivity index is 1.75.